The highest BCUT2D eigenvalue weighted by Gasteiger charge is 2.34. The molecule has 3 atom stereocenters. The van der Waals surface area contributed by atoms with Gasteiger partial charge in [-0.25, -0.2) is 9.67 Å². The van der Waals surface area contributed by atoms with E-state index in [-0.39, 0.29) is 24.9 Å². The highest BCUT2D eigenvalue weighted by molar-refractivity contribution is 4.87. The number of hydrogen-bond acceptors (Lipinski definition) is 4. The Morgan fingerprint density at radius 3 is 3.15 bits per heavy atom. The Morgan fingerprint density at radius 1 is 1.69 bits per heavy atom. The van der Waals surface area contributed by atoms with Gasteiger partial charge in [0.2, 0.25) is 0 Å². The molecule has 0 aliphatic carbocycles. The molecule has 0 bridgehead atoms. The first kappa shape index (κ1) is 8.65. The number of aliphatic hydroxyl groups is 1. The first-order valence-corrected chi connectivity index (χ1v) is 4.17. The van der Waals surface area contributed by atoms with Crippen molar-refractivity contribution in [1.82, 2.24) is 14.8 Å². The molecule has 1 aliphatic heterocycles. The third-order valence-corrected chi connectivity index (χ3v) is 2.21. The van der Waals surface area contributed by atoms with E-state index >= 15 is 0 Å². The summed E-state index contributed by atoms with van der Waals surface area (Å²) in [6.45, 7) is 5.56. The fourth-order valence-corrected chi connectivity index (χ4v) is 1.59. The van der Waals surface area contributed by atoms with Gasteiger partial charge < -0.3 is 9.84 Å². The van der Waals surface area contributed by atoms with Crippen molar-refractivity contribution in [3.8, 4) is 0 Å². The van der Waals surface area contributed by atoms with Gasteiger partial charge in [0.1, 0.15) is 18.8 Å². The molecule has 0 spiro atoms. The van der Waals surface area contributed by atoms with Gasteiger partial charge in [0.25, 0.3) is 0 Å². The van der Waals surface area contributed by atoms with Crippen LogP contribution in [-0.4, -0.2) is 38.7 Å². The molecule has 1 aromatic heterocycles. The van der Waals surface area contributed by atoms with E-state index in [1.807, 2.05) is 0 Å². The standard InChI is InChI=1S/C8H11N3O2/c1-6-2-7(8(3-12)13-6)11-5-9-4-10-11/h1,4-8,12H,2-3H2/t6-,7+,8+/m0/s1. The van der Waals surface area contributed by atoms with Crippen molar-refractivity contribution < 1.29 is 9.84 Å². The number of aromatic nitrogens is 3. The van der Waals surface area contributed by atoms with Crippen LogP contribution in [-0.2, 0) is 4.74 Å². The first-order chi connectivity index (χ1) is 6.31. The molecule has 70 valence electrons. The van der Waals surface area contributed by atoms with Gasteiger partial charge in [0.05, 0.1) is 18.8 Å². The van der Waals surface area contributed by atoms with Crippen molar-refractivity contribution in [2.24, 2.45) is 0 Å². The summed E-state index contributed by atoms with van der Waals surface area (Å²) in [6.07, 6.45) is 3.14. The fraction of sp³-hybridized carbons (Fsp3) is 0.625. The van der Waals surface area contributed by atoms with Gasteiger partial charge in [-0.2, -0.15) is 5.10 Å². The lowest BCUT2D eigenvalue weighted by Crippen LogP contribution is -2.24. The Labute approximate surface area is 76.3 Å². The van der Waals surface area contributed by atoms with Crippen molar-refractivity contribution in [1.29, 1.82) is 0 Å². The molecule has 0 unspecified atom stereocenters. The van der Waals surface area contributed by atoms with Crippen molar-refractivity contribution in [3.63, 3.8) is 0 Å². The van der Waals surface area contributed by atoms with Crippen LogP contribution in [0, 0.1) is 6.92 Å². The van der Waals surface area contributed by atoms with E-state index in [1.165, 1.54) is 6.33 Å². The number of hydrogen-bond donors (Lipinski definition) is 1. The van der Waals surface area contributed by atoms with Gasteiger partial charge in [-0.15, -0.1) is 0 Å². The van der Waals surface area contributed by atoms with Crippen molar-refractivity contribution >= 4 is 0 Å². The topological polar surface area (TPSA) is 60.2 Å². The zero-order valence-corrected chi connectivity index (χ0v) is 7.08. The van der Waals surface area contributed by atoms with Crippen LogP contribution in [0.25, 0.3) is 0 Å². The van der Waals surface area contributed by atoms with E-state index in [0.717, 1.165) is 0 Å². The van der Waals surface area contributed by atoms with Gasteiger partial charge in [-0.05, 0) is 13.3 Å². The normalized spacial score (nSPS) is 33.8. The molecular weight excluding hydrogens is 170 g/mol. The molecule has 13 heavy (non-hydrogen) atoms. The molecule has 5 heteroatoms. The van der Waals surface area contributed by atoms with E-state index in [2.05, 4.69) is 10.1 Å². The maximum absolute atomic E-state index is 9.01. The molecule has 1 aliphatic rings. The Hall–Kier alpha value is -0.940. The van der Waals surface area contributed by atoms with Gasteiger partial charge in [0.15, 0.2) is 0 Å². The monoisotopic (exact) mass is 181 g/mol. The molecule has 2 radical (unpaired) electrons. The summed E-state index contributed by atoms with van der Waals surface area (Å²) in [5, 5.41) is 13.0. The number of ether oxygens (including phenoxy) is 1. The average Bonchev–Trinajstić information content (AvgIpc) is 2.71. The predicted octanol–water partition coefficient (Wildman–Crippen LogP) is -0.320. The number of aliphatic hydroxyl groups excluding tert-OH is 1. The molecule has 1 fully saturated rings. The Bertz CT molecular complexity index is 262. The molecule has 0 aromatic carbocycles. The summed E-state index contributed by atoms with van der Waals surface area (Å²) in [7, 11) is 0. The summed E-state index contributed by atoms with van der Waals surface area (Å²) in [6, 6.07) is 0.00231. The summed E-state index contributed by atoms with van der Waals surface area (Å²) < 4.78 is 6.96. The second-order valence-electron chi connectivity index (χ2n) is 3.07. The molecule has 1 saturated heterocycles. The maximum Gasteiger partial charge on any atom is 0.137 e. The Balaban J connectivity index is 2.14. The van der Waals surface area contributed by atoms with E-state index in [4.69, 9.17) is 16.8 Å². The average molecular weight is 181 g/mol. The Morgan fingerprint density at radius 2 is 2.54 bits per heavy atom. The van der Waals surface area contributed by atoms with Crippen LogP contribution in [0.3, 0.4) is 0 Å². The summed E-state index contributed by atoms with van der Waals surface area (Å²) in [5.41, 5.74) is 0. The number of nitrogens with zero attached hydrogens (tertiary/aromatic N) is 3. The smallest absolute Gasteiger partial charge is 0.137 e. The lowest BCUT2D eigenvalue weighted by atomic mass is 10.1. The highest BCUT2D eigenvalue weighted by atomic mass is 16.5. The number of rotatable bonds is 2. The third kappa shape index (κ3) is 1.57. The van der Waals surface area contributed by atoms with Gasteiger partial charge >= 0.3 is 0 Å². The van der Waals surface area contributed by atoms with Crippen LogP contribution in [0.2, 0.25) is 0 Å². The molecule has 1 N–H and O–H groups in total. The van der Waals surface area contributed by atoms with E-state index in [1.54, 1.807) is 11.0 Å². The molecule has 0 amide bonds. The van der Waals surface area contributed by atoms with Crippen LogP contribution in [0.5, 0.6) is 0 Å². The molecule has 1 aromatic rings. The van der Waals surface area contributed by atoms with E-state index in [9.17, 15) is 0 Å². The van der Waals surface area contributed by atoms with Crippen LogP contribution >= 0.6 is 0 Å². The van der Waals surface area contributed by atoms with Crippen molar-refractivity contribution in [2.75, 3.05) is 6.61 Å². The largest absolute Gasteiger partial charge is 0.394 e. The van der Waals surface area contributed by atoms with Gasteiger partial charge in [0, 0.05) is 0 Å². The minimum atomic E-state index is -0.314. The molecule has 0 saturated carbocycles. The van der Waals surface area contributed by atoms with Crippen molar-refractivity contribution in [3.05, 3.63) is 19.6 Å². The third-order valence-electron chi connectivity index (χ3n) is 2.21. The summed E-state index contributed by atoms with van der Waals surface area (Å²) >= 11 is 0. The van der Waals surface area contributed by atoms with Gasteiger partial charge in [-0.1, -0.05) is 0 Å². The van der Waals surface area contributed by atoms with Crippen molar-refractivity contribution in [2.45, 2.75) is 24.7 Å². The second kappa shape index (κ2) is 3.43. The SMILES string of the molecule is [CH][C@H]1C[C@@H](n2cncn2)[C@@H](CO)O1. The maximum atomic E-state index is 9.01. The molecular formula is C8H11N3O2. The molecule has 2 rings (SSSR count). The fourth-order valence-electron chi connectivity index (χ4n) is 1.59. The van der Waals surface area contributed by atoms with Gasteiger partial charge in [-0.3, -0.25) is 0 Å². The molecule has 5 nitrogen and oxygen atoms in total. The van der Waals surface area contributed by atoms with Crippen LogP contribution in [0.15, 0.2) is 12.7 Å². The zero-order valence-electron chi connectivity index (χ0n) is 7.08. The Kier molecular flexibility index (Phi) is 2.28. The quantitative estimate of drug-likeness (QED) is 0.679. The zero-order chi connectivity index (χ0) is 9.26. The van der Waals surface area contributed by atoms with E-state index in [0.29, 0.717) is 6.42 Å². The lowest BCUT2D eigenvalue weighted by Gasteiger charge is -2.15. The van der Waals surface area contributed by atoms with Crippen LogP contribution < -0.4 is 0 Å². The summed E-state index contributed by atoms with van der Waals surface area (Å²) in [4.78, 5) is 3.83. The molecule has 2 heterocycles. The van der Waals surface area contributed by atoms with Crippen LogP contribution in [0.4, 0.5) is 0 Å². The minimum Gasteiger partial charge on any atom is -0.394 e. The minimum absolute atomic E-state index is 0.00231. The lowest BCUT2D eigenvalue weighted by molar-refractivity contribution is 0.0156. The van der Waals surface area contributed by atoms with Crippen LogP contribution in [0.1, 0.15) is 12.5 Å². The summed E-state index contributed by atoms with van der Waals surface area (Å²) in [5.74, 6) is 0. The predicted molar refractivity (Wildman–Crippen MR) is 43.7 cm³/mol. The van der Waals surface area contributed by atoms with E-state index < -0.39 is 0 Å². The highest BCUT2D eigenvalue weighted by Crippen LogP contribution is 2.29. The second-order valence-corrected chi connectivity index (χ2v) is 3.07. The first-order valence-electron chi connectivity index (χ1n) is 4.17.